The molecule has 1 aromatic carbocycles. The van der Waals surface area contributed by atoms with Gasteiger partial charge in [0.1, 0.15) is 5.15 Å². The summed E-state index contributed by atoms with van der Waals surface area (Å²) < 4.78 is 5.52. The fourth-order valence-corrected chi connectivity index (χ4v) is 4.95. The molecule has 1 saturated heterocycles. The van der Waals surface area contributed by atoms with Gasteiger partial charge in [-0.15, -0.1) is 0 Å². The molecule has 33 heavy (non-hydrogen) atoms. The van der Waals surface area contributed by atoms with Crippen molar-refractivity contribution < 1.29 is 9.32 Å². The monoisotopic (exact) mass is 465 g/mol. The average molecular weight is 466 g/mol. The number of carbonyl (C=O) groups excluding carboxylic acids is 1. The SMILES string of the molecule is Cc1ccc(C(=O)N2CCN(Cc3ccc(-c4noc(C5CCCC5)n4)cc3)CC2)c(Cl)n1. The third kappa shape index (κ3) is 4.94. The molecule has 0 bridgehead atoms. The molecule has 5 rings (SSSR count). The minimum absolute atomic E-state index is 0.0476. The summed E-state index contributed by atoms with van der Waals surface area (Å²) in [5, 5.41) is 4.47. The van der Waals surface area contributed by atoms with Crippen LogP contribution in [0.2, 0.25) is 5.15 Å². The predicted octanol–water partition coefficient (Wildman–Crippen LogP) is 4.71. The maximum Gasteiger partial charge on any atom is 0.257 e. The van der Waals surface area contributed by atoms with Crippen molar-refractivity contribution in [1.29, 1.82) is 0 Å². The molecule has 2 aliphatic rings. The Hall–Kier alpha value is -2.77. The summed E-state index contributed by atoms with van der Waals surface area (Å²) in [6.45, 7) is 5.69. The Labute approximate surface area is 198 Å². The van der Waals surface area contributed by atoms with Crippen molar-refractivity contribution in [2.75, 3.05) is 26.2 Å². The van der Waals surface area contributed by atoms with Crippen molar-refractivity contribution in [2.45, 2.75) is 45.1 Å². The van der Waals surface area contributed by atoms with Gasteiger partial charge in [0, 0.05) is 49.9 Å². The molecule has 8 heteroatoms. The van der Waals surface area contributed by atoms with Crippen LogP contribution in [0.25, 0.3) is 11.4 Å². The largest absolute Gasteiger partial charge is 0.339 e. The number of hydrogen-bond donors (Lipinski definition) is 0. The van der Waals surface area contributed by atoms with E-state index < -0.39 is 0 Å². The number of piperazine rings is 1. The number of benzene rings is 1. The van der Waals surface area contributed by atoms with E-state index in [9.17, 15) is 4.79 Å². The highest BCUT2D eigenvalue weighted by molar-refractivity contribution is 6.32. The van der Waals surface area contributed by atoms with Crippen LogP contribution in [0.1, 0.15) is 59.1 Å². The van der Waals surface area contributed by atoms with Crippen molar-refractivity contribution >= 4 is 17.5 Å². The first-order valence-electron chi connectivity index (χ1n) is 11.6. The molecule has 0 unspecified atom stereocenters. The zero-order valence-electron chi connectivity index (χ0n) is 18.8. The first kappa shape index (κ1) is 22.0. The number of halogens is 1. The third-order valence-corrected chi connectivity index (χ3v) is 6.93. The first-order valence-corrected chi connectivity index (χ1v) is 12.0. The van der Waals surface area contributed by atoms with Gasteiger partial charge in [-0.25, -0.2) is 4.98 Å². The van der Waals surface area contributed by atoms with Crippen LogP contribution in [0, 0.1) is 6.92 Å². The minimum Gasteiger partial charge on any atom is -0.339 e. The molecule has 7 nitrogen and oxygen atoms in total. The van der Waals surface area contributed by atoms with Gasteiger partial charge in [0.25, 0.3) is 5.91 Å². The minimum atomic E-state index is -0.0476. The molecule has 2 aromatic heterocycles. The van der Waals surface area contributed by atoms with E-state index in [4.69, 9.17) is 16.1 Å². The van der Waals surface area contributed by atoms with Crippen molar-refractivity contribution in [3.63, 3.8) is 0 Å². The summed E-state index contributed by atoms with van der Waals surface area (Å²) >= 11 is 6.19. The van der Waals surface area contributed by atoms with Gasteiger partial charge in [0.2, 0.25) is 11.7 Å². The van der Waals surface area contributed by atoms with E-state index in [1.165, 1.54) is 18.4 Å². The molecule has 1 amide bonds. The molecule has 172 valence electrons. The van der Waals surface area contributed by atoms with Crippen LogP contribution >= 0.6 is 11.6 Å². The fraction of sp³-hybridized carbons (Fsp3) is 0.440. The van der Waals surface area contributed by atoms with Crippen LogP contribution in [0.5, 0.6) is 0 Å². The summed E-state index contributed by atoms with van der Waals surface area (Å²) in [5.74, 6) is 1.82. The second-order valence-electron chi connectivity index (χ2n) is 8.99. The zero-order valence-corrected chi connectivity index (χ0v) is 19.6. The summed E-state index contributed by atoms with van der Waals surface area (Å²) in [7, 11) is 0. The highest BCUT2D eigenvalue weighted by atomic mass is 35.5. The lowest BCUT2D eigenvalue weighted by Gasteiger charge is -2.34. The highest BCUT2D eigenvalue weighted by Gasteiger charge is 2.25. The van der Waals surface area contributed by atoms with Gasteiger partial charge in [-0.2, -0.15) is 4.98 Å². The molecule has 0 N–H and O–H groups in total. The number of hydrogen-bond acceptors (Lipinski definition) is 6. The molecule has 0 atom stereocenters. The van der Waals surface area contributed by atoms with Gasteiger partial charge in [-0.1, -0.05) is 53.9 Å². The zero-order chi connectivity index (χ0) is 22.8. The Morgan fingerprint density at radius 3 is 2.45 bits per heavy atom. The van der Waals surface area contributed by atoms with Gasteiger partial charge in [0.15, 0.2) is 0 Å². The van der Waals surface area contributed by atoms with Crippen LogP contribution in [0.4, 0.5) is 0 Å². The maximum absolute atomic E-state index is 12.8. The normalized spacial score (nSPS) is 17.6. The van der Waals surface area contributed by atoms with Crippen LogP contribution in [0.3, 0.4) is 0 Å². The molecule has 1 saturated carbocycles. The molecular weight excluding hydrogens is 438 g/mol. The molecular formula is C25H28ClN5O2. The standard InChI is InChI=1S/C25H28ClN5O2/c1-17-6-11-21(22(26)27-17)25(32)31-14-12-30(13-15-31)16-18-7-9-19(10-8-18)23-28-24(33-29-23)20-4-2-3-5-20/h6-11,20H,2-5,12-16H2,1H3. The summed E-state index contributed by atoms with van der Waals surface area (Å²) in [6, 6.07) is 12.0. The number of pyridine rings is 1. The number of amides is 1. The number of nitrogens with zero attached hydrogens (tertiary/aromatic N) is 5. The van der Waals surface area contributed by atoms with Gasteiger partial charge in [-0.3, -0.25) is 9.69 Å². The second kappa shape index (κ2) is 9.61. The van der Waals surface area contributed by atoms with Crippen molar-refractivity contribution in [1.82, 2.24) is 24.9 Å². The molecule has 1 aliphatic carbocycles. The topological polar surface area (TPSA) is 75.4 Å². The Morgan fingerprint density at radius 2 is 1.76 bits per heavy atom. The Balaban J connectivity index is 1.15. The Bertz CT molecular complexity index is 1120. The van der Waals surface area contributed by atoms with Crippen LogP contribution in [-0.2, 0) is 6.54 Å². The van der Waals surface area contributed by atoms with Crippen molar-refractivity contribution in [2.24, 2.45) is 0 Å². The van der Waals surface area contributed by atoms with Gasteiger partial charge >= 0.3 is 0 Å². The second-order valence-corrected chi connectivity index (χ2v) is 9.35. The molecule has 0 radical (unpaired) electrons. The highest BCUT2D eigenvalue weighted by Crippen LogP contribution is 2.33. The molecule has 2 fully saturated rings. The van der Waals surface area contributed by atoms with E-state index >= 15 is 0 Å². The van der Waals surface area contributed by atoms with Crippen molar-refractivity contribution in [3.05, 3.63) is 64.3 Å². The first-order chi connectivity index (χ1) is 16.1. The van der Waals surface area contributed by atoms with Crippen LogP contribution in [-0.4, -0.2) is 57.0 Å². The van der Waals surface area contributed by atoms with E-state index in [-0.39, 0.29) is 11.1 Å². The molecule has 3 heterocycles. The maximum atomic E-state index is 12.8. The smallest absolute Gasteiger partial charge is 0.257 e. The van der Waals surface area contributed by atoms with E-state index in [1.54, 1.807) is 6.07 Å². The van der Waals surface area contributed by atoms with Gasteiger partial charge < -0.3 is 9.42 Å². The number of aryl methyl sites for hydroxylation is 1. The molecule has 3 aromatic rings. The lowest BCUT2D eigenvalue weighted by Crippen LogP contribution is -2.48. The van der Waals surface area contributed by atoms with E-state index in [0.717, 1.165) is 49.6 Å². The summed E-state index contributed by atoms with van der Waals surface area (Å²) in [6.07, 6.45) is 4.79. The van der Waals surface area contributed by atoms with Gasteiger partial charge in [0.05, 0.1) is 5.56 Å². The fourth-order valence-electron chi connectivity index (χ4n) is 4.67. The number of rotatable bonds is 5. The summed E-state index contributed by atoms with van der Waals surface area (Å²) in [4.78, 5) is 25.9. The van der Waals surface area contributed by atoms with E-state index in [0.29, 0.717) is 30.4 Å². The quantitative estimate of drug-likeness (QED) is 0.508. The lowest BCUT2D eigenvalue weighted by molar-refractivity contribution is 0.0628. The predicted molar refractivity (Wildman–Crippen MR) is 126 cm³/mol. The lowest BCUT2D eigenvalue weighted by atomic mass is 10.1. The van der Waals surface area contributed by atoms with Crippen LogP contribution in [0.15, 0.2) is 40.9 Å². The van der Waals surface area contributed by atoms with E-state index in [1.807, 2.05) is 17.9 Å². The third-order valence-electron chi connectivity index (χ3n) is 6.64. The van der Waals surface area contributed by atoms with Crippen LogP contribution < -0.4 is 0 Å². The Kier molecular flexibility index (Phi) is 6.42. The Morgan fingerprint density at radius 1 is 1.03 bits per heavy atom. The molecule has 1 aliphatic heterocycles. The average Bonchev–Trinajstić information content (AvgIpc) is 3.52. The van der Waals surface area contributed by atoms with E-state index in [2.05, 4.69) is 44.3 Å². The number of aromatic nitrogens is 3. The summed E-state index contributed by atoms with van der Waals surface area (Å²) in [5.41, 5.74) is 3.49. The molecule has 0 spiro atoms. The number of carbonyl (C=O) groups is 1. The van der Waals surface area contributed by atoms with Crippen molar-refractivity contribution in [3.8, 4) is 11.4 Å². The van der Waals surface area contributed by atoms with Gasteiger partial charge in [-0.05, 0) is 37.5 Å².